The molecule has 10 unspecified atom stereocenters. The Morgan fingerprint density at radius 2 is 1.36 bits per heavy atom. The Bertz CT molecular complexity index is 1960. The van der Waals surface area contributed by atoms with Gasteiger partial charge in [0.25, 0.3) is 0 Å². The van der Waals surface area contributed by atoms with E-state index in [0.29, 0.717) is 54.8 Å². The zero-order valence-electron chi connectivity index (χ0n) is 32.5. The third-order valence-corrected chi connectivity index (χ3v) is 15.2. The van der Waals surface area contributed by atoms with Gasteiger partial charge in [0.2, 0.25) is 0 Å². The maximum atomic E-state index is 14.5. The summed E-state index contributed by atoms with van der Waals surface area (Å²) in [6, 6.07) is 8.64. The second-order valence-corrected chi connectivity index (χ2v) is 18.4. The quantitative estimate of drug-likeness (QED) is 0.106. The summed E-state index contributed by atoms with van der Waals surface area (Å²) in [4.78, 5) is 76.6. The summed E-state index contributed by atoms with van der Waals surface area (Å²) in [5, 5.41) is 0. The molecular formula is C45H52O10. The van der Waals surface area contributed by atoms with E-state index in [1.165, 1.54) is 74.9 Å². The van der Waals surface area contributed by atoms with Crippen molar-refractivity contribution in [3.05, 3.63) is 64.2 Å². The maximum Gasteiger partial charge on any atom is 0.347 e. The van der Waals surface area contributed by atoms with E-state index >= 15 is 0 Å². The number of hydrogen-bond donors (Lipinski definition) is 0. The molecule has 2 aliphatic heterocycles. The van der Waals surface area contributed by atoms with E-state index in [1.807, 2.05) is 0 Å². The lowest BCUT2D eigenvalue weighted by Gasteiger charge is -2.62. The average molecular weight is 753 g/mol. The Labute approximate surface area is 322 Å². The molecule has 2 heterocycles. The Kier molecular flexibility index (Phi) is 9.56. The highest BCUT2D eigenvalue weighted by molar-refractivity contribution is 6.16. The first kappa shape index (κ1) is 37.6. The predicted molar refractivity (Wildman–Crippen MR) is 199 cm³/mol. The first-order valence-electron chi connectivity index (χ1n) is 20.4. The lowest BCUT2D eigenvalue weighted by Crippen LogP contribution is -2.58. The van der Waals surface area contributed by atoms with Crippen molar-refractivity contribution in [1.82, 2.24) is 0 Å². The molecule has 4 fully saturated rings. The molecule has 0 spiro atoms. The first-order chi connectivity index (χ1) is 26.2. The van der Waals surface area contributed by atoms with Crippen molar-refractivity contribution in [1.29, 1.82) is 0 Å². The van der Waals surface area contributed by atoms with Crippen LogP contribution in [0.15, 0.2) is 36.4 Å². The number of rotatable bonds is 9. The number of ether oxygens (including phenoxy) is 4. The molecule has 0 aromatic heterocycles. The number of esters is 6. The lowest BCUT2D eigenvalue weighted by atomic mass is 9.42. The van der Waals surface area contributed by atoms with Crippen LogP contribution in [0.3, 0.4) is 0 Å². The average Bonchev–Trinajstić information content (AvgIpc) is 3.75. The van der Waals surface area contributed by atoms with Gasteiger partial charge in [-0.2, -0.15) is 0 Å². The summed E-state index contributed by atoms with van der Waals surface area (Å²) in [5.41, 5.74) is 0.583. The van der Waals surface area contributed by atoms with Crippen LogP contribution in [0.4, 0.5) is 0 Å². The largest absolute Gasteiger partial charge is 0.459 e. The van der Waals surface area contributed by atoms with E-state index in [4.69, 9.17) is 18.9 Å². The van der Waals surface area contributed by atoms with Crippen molar-refractivity contribution < 1.29 is 47.7 Å². The van der Waals surface area contributed by atoms with Gasteiger partial charge in [0, 0.05) is 0 Å². The predicted octanol–water partition coefficient (Wildman–Crippen LogP) is 8.79. The molecule has 10 heteroatoms. The van der Waals surface area contributed by atoms with Crippen LogP contribution in [0.5, 0.6) is 5.75 Å². The Morgan fingerprint density at radius 1 is 0.727 bits per heavy atom. The molecule has 10 atom stereocenters. The third-order valence-electron chi connectivity index (χ3n) is 15.2. The van der Waals surface area contributed by atoms with Gasteiger partial charge in [-0.1, -0.05) is 53.9 Å². The van der Waals surface area contributed by atoms with Gasteiger partial charge in [0.05, 0.1) is 33.7 Å². The molecule has 0 N–H and O–H groups in total. The summed E-state index contributed by atoms with van der Waals surface area (Å²) in [7, 11) is 0. The summed E-state index contributed by atoms with van der Waals surface area (Å²) in [6.07, 6.45) is 10.6. The normalized spacial score (nSPS) is 33.8. The molecule has 0 bridgehead atoms. The monoisotopic (exact) mass is 752 g/mol. The molecule has 4 aliphatic carbocycles. The number of hydrogen-bond acceptors (Lipinski definition) is 10. The molecule has 4 saturated carbocycles. The Balaban J connectivity index is 1.06. The molecule has 2 aromatic rings. The van der Waals surface area contributed by atoms with Crippen LogP contribution < -0.4 is 4.74 Å². The second-order valence-electron chi connectivity index (χ2n) is 18.4. The fourth-order valence-corrected chi connectivity index (χ4v) is 12.4. The van der Waals surface area contributed by atoms with Crippen molar-refractivity contribution >= 4 is 35.8 Å². The van der Waals surface area contributed by atoms with Crippen molar-refractivity contribution in [3.8, 4) is 5.75 Å². The first-order valence-corrected chi connectivity index (χ1v) is 20.4. The summed E-state index contributed by atoms with van der Waals surface area (Å²) in [6.45, 7) is 11.9. The molecule has 0 saturated heterocycles. The van der Waals surface area contributed by atoms with E-state index in [-0.39, 0.29) is 56.3 Å². The van der Waals surface area contributed by atoms with E-state index in [9.17, 15) is 28.8 Å². The molecule has 55 heavy (non-hydrogen) atoms. The highest BCUT2D eigenvalue weighted by Gasteiger charge is 2.64. The highest BCUT2D eigenvalue weighted by Crippen LogP contribution is 2.69. The van der Waals surface area contributed by atoms with Crippen LogP contribution >= 0.6 is 0 Å². The fraction of sp³-hybridized carbons (Fsp3) is 0.600. The number of fused-ring (bicyclic) bond motifs is 7. The molecule has 8 rings (SSSR count). The Hall–Kier alpha value is -4.34. The van der Waals surface area contributed by atoms with Crippen LogP contribution in [0.1, 0.15) is 157 Å². The Morgan fingerprint density at radius 3 is 2.07 bits per heavy atom. The molecular weight excluding hydrogens is 700 g/mol. The van der Waals surface area contributed by atoms with Crippen LogP contribution in [-0.2, 0) is 19.0 Å². The zero-order chi connectivity index (χ0) is 39.0. The third kappa shape index (κ3) is 6.41. The SMILES string of the molecule is CC(C)CCCC(C)C1CCC2C3CC(C(=O)Oc4ccc5c(c4)C(=O)OC5=O)C4CC(OC(=O)c5ccc6c(c5)C(=O)OC6=O)CCC4(C)C3CCC12C. The summed E-state index contributed by atoms with van der Waals surface area (Å²) >= 11 is 0. The van der Waals surface area contributed by atoms with Gasteiger partial charge >= 0.3 is 35.8 Å². The van der Waals surface area contributed by atoms with E-state index < -0.39 is 41.9 Å². The van der Waals surface area contributed by atoms with Crippen molar-refractivity contribution in [2.24, 2.45) is 58.2 Å². The van der Waals surface area contributed by atoms with Gasteiger partial charge in [-0.25, -0.2) is 24.0 Å². The van der Waals surface area contributed by atoms with Crippen molar-refractivity contribution in [3.63, 3.8) is 0 Å². The van der Waals surface area contributed by atoms with E-state index in [0.717, 1.165) is 12.8 Å². The van der Waals surface area contributed by atoms with Gasteiger partial charge in [-0.3, -0.25) is 4.79 Å². The number of carbonyl (C=O) groups excluding carboxylic acids is 6. The minimum Gasteiger partial charge on any atom is -0.459 e. The number of benzene rings is 2. The fourth-order valence-electron chi connectivity index (χ4n) is 12.4. The van der Waals surface area contributed by atoms with Crippen LogP contribution in [0, 0.1) is 58.2 Å². The number of carbonyl (C=O) groups is 6. The summed E-state index contributed by atoms with van der Waals surface area (Å²) < 4.78 is 21.7. The molecule has 6 aliphatic rings. The molecule has 0 amide bonds. The van der Waals surface area contributed by atoms with Gasteiger partial charge in [0.1, 0.15) is 11.9 Å². The van der Waals surface area contributed by atoms with Gasteiger partial charge in [0.15, 0.2) is 0 Å². The molecule has 0 radical (unpaired) electrons. The minimum absolute atomic E-state index is 0.0457. The minimum atomic E-state index is -0.786. The van der Waals surface area contributed by atoms with Crippen molar-refractivity contribution in [2.75, 3.05) is 0 Å². The van der Waals surface area contributed by atoms with Crippen LogP contribution in [-0.4, -0.2) is 41.9 Å². The summed E-state index contributed by atoms with van der Waals surface area (Å²) in [5.74, 6) is -1.07. The van der Waals surface area contributed by atoms with Crippen LogP contribution in [0.2, 0.25) is 0 Å². The van der Waals surface area contributed by atoms with Gasteiger partial charge in [-0.05, 0) is 140 Å². The highest BCUT2D eigenvalue weighted by atomic mass is 16.6. The van der Waals surface area contributed by atoms with Crippen molar-refractivity contribution in [2.45, 2.75) is 111 Å². The molecule has 292 valence electrons. The topological polar surface area (TPSA) is 139 Å². The van der Waals surface area contributed by atoms with E-state index in [1.54, 1.807) is 0 Å². The number of cyclic esters (lactones) is 4. The maximum absolute atomic E-state index is 14.5. The van der Waals surface area contributed by atoms with Gasteiger partial charge < -0.3 is 18.9 Å². The van der Waals surface area contributed by atoms with E-state index in [2.05, 4.69) is 34.6 Å². The zero-order valence-corrected chi connectivity index (χ0v) is 32.5. The van der Waals surface area contributed by atoms with Gasteiger partial charge in [-0.15, -0.1) is 0 Å². The standard InChI is InChI=1S/C45H52O10/c1-23(2)7-6-8-24(3)34-13-14-35-32-22-33(43(51)53-26-10-12-29-31(20-26)42(50)55-40(29)48)37-21-27(15-17-45(37,5)36(32)16-18-44(34,35)4)52-38(46)25-9-11-28-30(19-25)41(49)54-39(28)47/h9-12,19-20,23-24,27,32-37H,6-8,13-18,21-22H2,1-5H3. The molecule has 2 aromatic carbocycles. The van der Waals surface area contributed by atoms with Crippen LogP contribution in [0.25, 0.3) is 0 Å². The lowest BCUT2D eigenvalue weighted by molar-refractivity contribution is -0.174. The second kappa shape index (κ2) is 14.0. The smallest absolute Gasteiger partial charge is 0.347 e. The molecule has 10 nitrogen and oxygen atoms in total.